The van der Waals surface area contributed by atoms with Crippen molar-refractivity contribution in [3.63, 3.8) is 0 Å². The molecule has 3 aromatic rings. The SMILES string of the molecule is COc1ccc(CC2S/C(=C(/C#N)C(=O)Nc3cccc(Cl)c3)N(c3ccccc3C)C2=O)cc1. The number of hydrogen-bond donors (Lipinski definition) is 1. The molecule has 0 radical (unpaired) electrons. The Morgan fingerprint density at radius 2 is 1.89 bits per heavy atom. The molecule has 2 amide bonds. The number of nitrogens with zero attached hydrogens (tertiary/aromatic N) is 2. The van der Waals surface area contributed by atoms with Crippen molar-refractivity contribution in [3.8, 4) is 11.8 Å². The number of aryl methyl sites for hydroxylation is 1. The van der Waals surface area contributed by atoms with Crippen LogP contribution in [0.3, 0.4) is 0 Å². The van der Waals surface area contributed by atoms with Crippen LogP contribution >= 0.6 is 23.4 Å². The van der Waals surface area contributed by atoms with Crippen molar-refractivity contribution in [3.05, 3.63) is 99.5 Å². The molecule has 0 aromatic heterocycles. The molecule has 0 bridgehead atoms. The van der Waals surface area contributed by atoms with Crippen LogP contribution in [0, 0.1) is 18.3 Å². The summed E-state index contributed by atoms with van der Waals surface area (Å²) >= 11 is 7.26. The van der Waals surface area contributed by atoms with Crippen LogP contribution in [-0.2, 0) is 16.0 Å². The number of carbonyl (C=O) groups is 2. The lowest BCUT2D eigenvalue weighted by molar-refractivity contribution is -0.117. The molecular weight excluding hydrogens is 482 g/mol. The third-order valence-corrected chi connectivity index (χ3v) is 7.02. The van der Waals surface area contributed by atoms with Crippen molar-refractivity contribution >= 4 is 46.6 Å². The maximum absolute atomic E-state index is 13.6. The molecule has 0 aliphatic carbocycles. The summed E-state index contributed by atoms with van der Waals surface area (Å²) in [5.41, 5.74) is 2.77. The fourth-order valence-corrected chi connectivity index (χ4v) is 5.25. The Morgan fingerprint density at radius 1 is 1.14 bits per heavy atom. The van der Waals surface area contributed by atoms with E-state index in [4.69, 9.17) is 16.3 Å². The van der Waals surface area contributed by atoms with Gasteiger partial charge >= 0.3 is 0 Å². The summed E-state index contributed by atoms with van der Waals surface area (Å²) in [5.74, 6) is -0.0575. The lowest BCUT2D eigenvalue weighted by Gasteiger charge is -2.20. The quantitative estimate of drug-likeness (QED) is 0.343. The lowest BCUT2D eigenvalue weighted by Crippen LogP contribution is -2.31. The summed E-state index contributed by atoms with van der Waals surface area (Å²) in [6, 6.07) is 23.6. The zero-order valence-electron chi connectivity index (χ0n) is 19.1. The van der Waals surface area contributed by atoms with E-state index in [0.717, 1.165) is 16.9 Å². The second-order valence-electron chi connectivity index (χ2n) is 7.88. The van der Waals surface area contributed by atoms with Crippen molar-refractivity contribution in [2.45, 2.75) is 18.6 Å². The smallest absolute Gasteiger partial charge is 0.269 e. The summed E-state index contributed by atoms with van der Waals surface area (Å²) in [7, 11) is 1.60. The van der Waals surface area contributed by atoms with Crippen molar-refractivity contribution in [1.29, 1.82) is 5.26 Å². The first kappa shape index (κ1) is 24.4. The molecule has 3 aromatic carbocycles. The summed E-state index contributed by atoms with van der Waals surface area (Å²) in [4.78, 5) is 28.3. The van der Waals surface area contributed by atoms with Gasteiger partial charge in [-0.15, -0.1) is 0 Å². The number of methoxy groups -OCH3 is 1. The van der Waals surface area contributed by atoms with Crippen molar-refractivity contribution in [1.82, 2.24) is 0 Å². The molecule has 176 valence electrons. The van der Waals surface area contributed by atoms with Gasteiger partial charge in [-0.2, -0.15) is 5.26 Å². The second kappa shape index (κ2) is 10.7. The van der Waals surface area contributed by atoms with Crippen LogP contribution in [0.4, 0.5) is 11.4 Å². The number of anilines is 2. The predicted molar refractivity (Wildman–Crippen MR) is 139 cm³/mol. The van der Waals surface area contributed by atoms with E-state index in [2.05, 4.69) is 5.32 Å². The molecule has 1 fully saturated rings. The molecule has 4 rings (SSSR count). The van der Waals surface area contributed by atoms with Gasteiger partial charge in [-0.25, -0.2) is 0 Å². The molecule has 35 heavy (non-hydrogen) atoms. The summed E-state index contributed by atoms with van der Waals surface area (Å²) in [6.45, 7) is 1.89. The van der Waals surface area contributed by atoms with E-state index in [1.807, 2.05) is 61.5 Å². The van der Waals surface area contributed by atoms with Crippen LogP contribution in [0.15, 0.2) is 83.4 Å². The number of amides is 2. The molecule has 1 heterocycles. The number of carbonyl (C=O) groups excluding carboxylic acids is 2. The number of hydrogen-bond acceptors (Lipinski definition) is 5. The Balaban J connectivity index is 1.72. The number of nitrogens with one attached hydrogen (secondary N) is 1. The van der Waals surface area contributed by atoms with Crippen LogP contribution in [0.2, 0.25) is 5.02 Å². The zero-order valence-corrected chi connectivity index (χ0v) is 20.7. The molecule has 8 heteroatoms. The first-order chi connectivity index (χ1) is 16.9. The predicted octanol–water partition coefficient (Wildman–Crippen LogP) is 5.72. The van der Waals surface area contributed by atoms with E-state index < -0.39 is 11.2 Å². The van der Waals surface area contributed by atoms with E-state index >= 15 is 0 Å². The third kappa shape index (κ3) is 5.35. The topological polar surface area (TPSA) is 82.4 Å². The van der Waals surface area contributed by atoms with Crippen LogP contribution < -0.4 is 15.0 Å². The van der Waals surface area contributed by atoms with E-state index in [1.54, 1.807) is 31.4 Å². The Morgan fingerprint density at radius 3 is 2.54 bits per heavy atom. The van der Waals surface area contributed by atoms with Crippen molar-refractivity contribution in [2.24, 2.45) is 0 Å². The Labute approximate surface area is 213 Å². The number of nitriles is 1. The minimum absolute atomic E-state index is 0.135. The summed E-state index contributed by atoms with van der Waals surface area (Å²) in [6.07, 6.45) is 0.438. The molecule has 1 unspecified atom stereocenters. The monoisotopic (exact) mass is 503 g/mol. The number of benzene rings is 3. The average Bonchev–Trinajstić information content (AvgIpc) is 3.15. The van der Waals surface area contributed by atoms with Crippen molar-refractivity contribution < 1.29 is 14.3 Å². The van der Waals surface area contributed by atoms with Crippen LogP contribution in [0.5, 0.6) is 5.75 Å². The average molecular weight is 504 g/mol. The number of para-hydroxylation sites is 1. The summed E-state index contributed by atoms with van der Waals surface area (Å²) in [5, 5.41) is 13.0. The molecule has 0 spiro atoms. The minimum atomic E-state index is -0.603. The highest BCUT2D eigenvalue weighted by Gasteiger charge is 2.41. The molecule has 6 nitrogen and oxygen atoms in total. The Hall–Kier alpha value is -3.73. The van der Waals surface area contributed by atoms with Gasteiger partial charge in [0.1, 0.15) is 22.4 Å². The van der Waals surface area contributed by atoms with Crippen LogP contribution in [0.1, 0.15) is 11.1 Å². The molecular formula is C27H22ClN3O3S. The molecule has 1 saturated heterocycles. The second-order valence-corrected chi connectivity index (χ2v) is 9.50. The van der Waals surface area contributed by atoms with E-state index in [9.17, 15) is 14.9 Å². The van der Waals surface area contributed by atoms with Gasteiger partial charge in [0.2, 0.25) is 5.91 Å². The third-order valence-electron chi connectivity index (χ3n) is 5.52. The van der Waals surface area contributed by atoms with Crippen LogP contribution in [-0.4, -0.2) is 24.2 Å². The van der Waals surface area contributed by atoms with Gasteiger partial charge in [-0.1, -0.05) is 59.8 Å². The normalized spacial score (nSPS) is 16.6. The van der Waals surface area contributed by atoms with Gasteiger partial charge in [0, 0.05) is 10.7 Å². The number of thioether (sulfide) groups is 1. The fraction of sp³-hybridized carbons (Fsp3) is 0.148. The largest absolute Gasteiger partial charge is 0.497 e. The summed E-state index contributed by atoms with van der Waals surface area (Å²) < 4.78 is 5.22. The van der Waals surface area contributed by atoms with Crippen LogP contribution in [0.25, 0.3) is 0 Å². The lowest BCUT2D eigenvalue weighted by atomic mass is 10.1. The molecule has 1 N–H and O–H groups in total. The van der Waals surface area contributed by atoms with Crippen molar-refractivity contribution in [2.75, 3.05) is 17.3 Å². The van der Waals surface area contributed by atoms with Gasteiger partial charge in [-0.05, 0) is 60.9 Å². The van der Waals surface area contributed by atoms with Gasteiger partial charge < -0.3 is 10.1 Å². The number of halogens is 1. The van der Waals surface area contributed by atoms with Gasteiger partial charge in [0.05, 0.1) is 18.0 Å². The van der Waals surface area contributed by atoms with E-state index in [-0.39, 0.29) is 11.5 Å². The van der Waals surface area contributed by atoms with E-state index in [1.165, 1.54) is 16.7 Å². The molecule has 1 atom stereocenters. The van der Waals surface area contributed by atoms with Gasteiger partial charge in [-0.3, -0.25) is 14.5 Å². The highest BCUT2D eigenvalue weighted by Crippen LogP contribution is 2.43. The molecule has 0 saturated carbocycles. The first-order valence-electron chi connectivity index (χ1n) is 10.8. The standard InChI is InChI=1S/C27H22ClN3O3S/c1-17-6-3-4-9-23(17)31-26(33)24(14-18-10-12-21(34-2)13-11-18)35-27(31)22(16-29)25(32)30-20-8-5-7-19(28)15-20/h3-13,15,24H,14H2,1-2H3,(H,30,32)/b27-22-. The minimum Gasteiger partial charge on any atom is -0.497 e. The highest BCUT2D eigenvalue weighted by atomic mass is 35.5. The maximum Gasteiger partial charge on any atom is 0.269 e. The molecule has 1 aliphatic heterocycles. The zero-order chi connectivity index (χ0) is 24.9. The Kier molecular flexibility index (Phi) is 7.45. The van der Waals surface area contributed by atoms with E-state index in [0.29, 0.717) is 27.8 Å². The number of ether oxygens (including phenoxy) is 1. The Bertz CT molecular complexity index is 1350. The van der Waals surface area contributed by atoms with Gasteiger partial charge in [0.15, 0.2) is 0 Å². The first-order valence-corrected chi connectivity index (χ1v) is 12.1. The fourth-order valence-electron chi connectivity index (χ4n) is 3.76. The maximum atomic E-state index is 13.6. The number of rotatable bonds is 6. The highest BCUT2D eigenvalue weighted by molar-refractivity contribution is 8.05. The molecule has 1 aliphatic rings. The van der Waals surface area contributed by atoms with Gasteiger partial charge in [0.25, 0.3) is 5.91 Å².